The normalized spacial score (nSPS) is 15.4. The third-order valence-corrected chi connectivity index (χ3v) is 7.09. The van der Waals surface area contributed by atoms with Gasteiger partial charge >= 0.3 is 6.03 Å². The van der Waals surface area contributed by atoms with Crippen LogP contribution < -0.4 is 19.9 Å². The number of ether oxygens (including phenoxy) is 1. The number of nitrogens with one attached hydrogen (secondary N) is 1. The lowest BCUT2D eigenvalue weighted by atomic mass is 10.0. The second-order valence-electron chi connectivity index (χ2n) is 8.48. The van der Waals surface area contributed by atoms with E-state index in [9.17, 15) is 18.0 Å². The van der Waals surface area contributed by atoms with Gasteiger partial charge in [-0.25, -0.2) is 13.2 Å². The van der Waals surface area contributed by atoms with Crippen molar-refractivity contribution >= 4 is 38.8 Å². The van der Waals surface area contributed by atoms with Crippen LogP contribution in [-0.2, 0) is 14.6 Å². The highest BCUT2D eigenvalue weighted by Gasteiger charge is 2.34. The van der Waals surface area contributed by atoms with E-state index in [1.165, 1.54) is 14.0 Å². The van der Waals surface area contributed by atoms with E-state index >= 15 is 0 Å². The SMILES string of the molecule is COc1ccccc1NC(=O)N1CC(C)N(C(C)=O)c2ccc(-c3ccc(S(C)(=O)=O)cc3)cc21. The van der Waals surface area contributed by atoms with Crippen LogP contribution in [0.4, 0.5) is 21.9 Å². The lowest BCUT2D eigenvalue weighted by Gasteiger charge is -2.41. The van der Waals surface area contributed by atoms with Crippen LogP contribution in [0.25, 0.3) is 11.1 Å². The number of methoxy groups -OCH3 is 1. The number of nitrogens with zero attached hydrogens (tertiary/aromatic N) is 2. The molecular weight excluding hydrogens is 466 g/mol. The standard InChI is InChI=1S/C26H27N3O5S/c1-17-16-28(26(31)27-22-7-5-6-8-25(22)34-3)24-15-20(11-14-23(24)29(17)18(2)30)19-9-12-21(13-10-19)35(4,32)33/h5-15,17H,16H2,1-4H3,(H,27,31). The summed E-state index contributed by atoms with van der Waals surface area (Å²) in [7, 11) is -1.77. The summed E-state index contributed by atoms with van der Waals surface area (Å²) >= 11 is 0. The Bertz CT molecular complexity index is 1390. The second kappa shape index (κ2) is 9.42. The first-order valence-corrected chi connectivity index (χ1v) is 12.9. The number of amides is 3. The quantitative estimate of drug-likeness (QED) is 0.575. The third kappa shape index (κ3) is 4.85. The summed E-state index contributed by atoms with van der Waals surface area (Å²) in [5.41, 5.74) is 3.32. The molecule has 4 rings (SSSR count). The Morgan fingerprint density at radius 2 is 1.63 bits per heavy atom. The number of hydrogen-bond acceptors (Lipinski definition) is 5. The van der Waals surface area contributed by atoms with Crippen molar-refractivity contribution in [1.29, 1.82) is 0 Å². The fourth-order valence-corrected chi connectivity index (χ4v) is 4.93. The third-order valence-electron chi connectivity index (χ3n) is 5.96. The van der Waals surface area contributed by atoms with Crippen molar-refractivity contribution in [2.45, 2.75) is 24.8 Å². The predicted octanol–water partition coefficient (Wildman–Crippen LogP) is 4.56. The van der Waals surface area contributed by atoms with Crippen molar-refractivity contribution in [3.8, 4) is 16.9 Å². The Morgan fingerprint density at radius 3 is 2.26 bits per heavy atom. The first kappa shape index (κ1) is 24.3. The zero-order valence-electron chi connectivity index (χ0n) is 20.0. The Labute approximate surface area is 205 Å². The van der Waals surface area contributed by atoms with Crippen molar-refractivity contribution in [3.63, 3.8) is 0 Å². The first-order valence-electron chi connectivity index (χ1n) is 11.1. The minimum Gasteiger partial charge on any atom is -0.495 e. The number of benzene rings is 3. The van der Waals surface area contributed by atoms with Crippen molar-refractivity contribution in [2.24, 2.45) is 0 Å². The maximum Gasteiger partial charge on any atom is 0.326 e. The Kier molecular flexibility index (Phi) is 6.53. The average Bonchev–Trinajstić information content (AvgIpc) is 2.82. The highest BCUT2D eigenvalue weighted by atomic mass is 32.2. The van der Waals surface area contributed by atoms with Gasteiger partial charge in [-0.2, -0.15) is 0 Å². The van der Waals surface area contributed by atoms with Crippen LogP contribution in [0.3, 0.4) is 0 Å². The molecule has 1 atom stereocenters. The average molecular weight is 494 g/mol. The van der Waals surface area contributed by atoms with Gasteiger partial charge in [0.15, 0.2) is 9.84 Å². The molecule has 9 heteroatoms. The molecule has 0 aromatic heterocycles. The lowest BCUT2D eigenvalue weighted by Crippen LogP contribution is -2.52. The fraction of sp³-hybridized carbons (Fsp3) is 0.231. The Balaban J connectivity index is 1.76. The van der Waals surface area contributed by atoms with Crippen molar-refractivity contribution in [2.75, 3.05) is 35.0 Å². The van der Waals surface area contributed by atoms with E-state index in [4.69, 9.17) is 4.74 Å². The molecule has 3 aromatic carbocycles. The molecule has 0 saturated carbocycles. The molecule has 0 spiro atoms. The number of urea groups is 1. The summed E-state index contributed by atoms with van der Waals surface area (Å²) in [5, 5.41) is 2.91. The van der Waals surface area contributed by atoms with E-state index in [-0.39, 0.29) is 22.9 Å². The summed E-state index contributed by atoms with van der Waals surface area (Å²) in [6, 6.07) is 18.6. The van der Waals surface area contributed by atoms with Gasteiger partial charge in [-0.3, -0.25) is 9.69 Å². The number of carbonyl (C=O) groups is 2. The largest absolute Gasteiger partial charge is 0.495 e. The second-order valence-corrected chi connectivity index (χ2v) is 10.5. The van der Waals surface area contributed by atoms with Gasteiger partial charge < -0.3 is 15.0 Å². The van der Waals surface area contributed by atoms with Gasteiger partial charge in [0.05, 0.1) is 35.1 Å². The van der Waals surface area contributed by atoms with Gasteiger partial charge in [0, 0.05) is 19.7 Å². The van der Waals surface area contributed by atoms with Crippen LogP contribution in [0.15, 0.2) is 71.6 Å². The van der Waals surface area contributed by atoms with Gasteiger partial charge in [0.1, 0.15) is 5.75 Å². The monoisotopic (exact) mass is 493 g/mol. The number of anilines is 3. The maximum atomic E-state index is 13.4. The molecule has 0 fully saturated rings. The summed E-state index contributed by atoms with van der Waals surface area (Å²) in [4.78, 5) is 29.4. The number of rotatable bonds is 4. The number of carbonyl (C=O) groups excluding carboxylic acids is 2. The molecule has 1 aliphatic rings. The highest BCUT2D eigenvalue weighted by molar-refractivity contribution is 7.90. The van der Waals surface area contributed by atoms with E-state index in [1.54, 1.807) is 52.3 Å². The minimum atomic E-state index is -3.31. The smallest absolute Gasteiger partial charge is 0.326 e. The van der Waals surface area contributed by atoms with Gasteiger partial charge in [-0.1, -0.05) is 30.3 Å². The molecule has 3 aromatic rings. The lowest BCUT2D eigenvalue weighted by molar-refractivity contribution is -0.117. The molecule has 0 saturated heterocycles. The maximum absolute atomic E-state index is 13.4. The molecule has 8 nitrogen and oxygen atoms in total. The summed E-state index contributed by atoms with van der Waals surface area (Å²) in [6.45, 7) is 3.69. The van der Waals surface area contributed by atoms with Crippen molar-refractivity contribution < 1.29 is 22.7 Å². The van der Waals surface area contributed by atoms with Crippen molar-refractivity contribution in [3.05, 3.63) is 66.7 Å². The van der Waals surface area contributed by atoms with E-state index in [0.717, 1.165) is 17.4 Å². The van der Waals surface area contributed by atoms with Crippen LogP contribution in [0, 0.1) is 0 Å². The summed E-state index contributed by atoms with van der Waals surface area (Å²) in [6.07, 6.45) is 1.16. The minimum absolute atomic E-state index is 0.117. The van der Waals surface area contributed by atoms with Crippen LogP contribution in [0.5, 0.6) is 5.75 Å². The fourth-order valence-electron chi connectivity index (χ4n) is 4.30. The van der Waals surface area contributed by atoms with Crippen LogP contribution in [-0.4, -0.2) is 46.3 Å². The number of fused-ring (bicyclic) bond motifs is 1. The number of hydrogen-bond donors (Lipinski definition) is 1. The van der Waals surface area contributed by atoms with E-state index in [0.29, 0.717) is 29.4 Å². The molecule has 0 bridgehead atoms. The van der Waals surface area contributed by atoms with Crippen molar-refractivity contribution in [1.82, 2.24) is 0 Å². The highest BCUT2D eigenvalue weighted by Crippen LogP contribution is 2.39. The Morgan fingerprint density at radius 1 is 0.971 bits per heavy atom. The molecule has 3 amide bonds. The van der Waals surface area contributed by atoms with Gasteiger partial charge in [-0.05, 0) is 54.4 Å². The van der Waals surface area contributed by atoms with Gasteiger partial charge in [-0.15, -0.1) is 0 Å². The predicted molar refractivity (Wildman–Crippen MR) is 137 cm³/mol. The van der Waals surface area contributed by atoms with Crippen LogP contribution in [0.2, 0.25) is 0 Å². The van der Waals surface area contributed by atoms with E-state index < -0.39 is 9.84 Å². The molecular formula is C26H27N3O5S. The van der Waals surface area contributed by atoms with Gasteiger partial charge in [0.25, 0.3) is 0 Å². The topological polar surface area (TPSA) is 96.0 Å². The van der Waals surface area contributed by atoms with E-state index in [2.05, 4.69) is 5.32 Å². The molecule has 1 heterocycles. The van der Waals surface area contributed by atoms with Crippen LogP contribution >= 0.6 is 0 Å². The summed E-state index contributed by atoms with van der Waals surface area (Å²) in [5.74, 6) is 0.421. The zero-order valence-corrected chi connectivity index (χ0v) is 20.8. The molecule has 1 N–H and O–H groups in total. The molecule has 35 heavy (non-hydrogen) atoms. The summed E-state index contributed by atoms with van der Waals surface area (Å²) < 4.78 is 29.0. The molecule has 182 valence electrons. The molecule has 0 aliphatic carbocycles. The number of sulfone groups is 1. The van der Waals surface area contributed by atoms with Gasteiger partial charge in [0.2, 0.25) is 5.91 Å². The number of para-hydroxylation sites is 2. The first-order chi connectivity index (χ1) is 16.6. The molecule has 0 radical (unpaired) electrons. The van der Waals surface area contributed by atoms with Crippen LogP contribution in [0.1, 0.15) is 13.8 Å². The Hall–Kier alpha value is -3.85. The molecule has 1 aliphatic heterocycles. The molecule has 1 unspecified atom stereocenters. The zero-order chi connectivity index (χ0) is 25.3. The van der Waals surface area contributed by atoms with E-state index in [1.807, 2.05) is 31.2 Å².